The number of rotatable bonds is 3. The number of thioether (sulfide) groups is 1. The lowest BCUT2D eigenvalue weighted by molar-refractivity contribution is -0.121. The second-order valence-electron chi connectivity index (χ2n) is 4.93. The number of anilines is 2. The molecule has 2 aromatic rings. The number of halogens is 1. The summed E-state index contributed by atoms with van der Waals surface area (Å²) in [6.45, 7) is 0. The van der Waals surface area contributed by atoms with Crippen LogP contribution in [0.3, 0.4) is 0 Å². The zero-order chi connectivity index (χ0) is 15.7. The van der Waals surface area contributed by atoms with E-state index >= 15 is 0 Å². The molecule has 112 valence electrons. The molecular weight excluding hydrogens is 320 g/mol. The number of nitrogens with zero attached hydrogens (tertiary/aromatic N) is 1. The first-order valence-corrected chi connectivity index (χ1v) is 7.95. The number of carbonyl (C=O) groups is 2. The molecule has 1 unspecified atom stereocenters. The SMILES string of the molecule is Nc1ccc(SC2CC(=O)N(c3cccc(Cl)c3)C2=O)cc1. The van der Waals surface area contributed by atoms with E-state index in [1.165, 1.54) is 16.7 Å². The minimum atomic E-state index is -0.421. The van der Waals surface area contributed by atoms with E-state index in [0.29, 0.717) is 16.4 Å². The van der Waals surface area contributed by atoms with Crippen LogP contribution in [0.1, 0.15) is 6.42 Å². The van der Waals surface area contributed by atoms with Crippen LogP contribution in [0.5, 0.6) is 0 Å². The van der Waals surface area contributed by atoms with Crippen molar-refractivity contribution in [2.45, 2.75) is 16.6 Å². The van der Waals surface area contributed by atoms with Crippen LogP contribution in [0, 0.1) is 0 Å². The van der Waals surface area contributed by atoms with Crippen LogP contribution < -0.4 is 10.6 Å². The first-order valence-electron chi connectivity index (χ1n) is 6.69. The minimum Gasteiger partial charge on any atom is -0.399 e. The molecule has 3 rings (SSSR count). The van der Waals surface area contributed by atoms with Crippen molar-refractivity contribution in [3.63, 3.8) is 0 Å². The van der Waals surface area contributed by atoms with E-state index in [9.17, 15) is 9.59 Å². The predicted octanol–water partition coefficient (Wildman–Crippen LogP) is 3.35. The lowest BCUT2D eigenvalue weighted by Crippen LogP contribution is -2.31. The van der Waals surface area contributed by atoms with Crippen molar-refractivity contribution >= 4 is 46.6 Å². The molecule has 0 saturated carbocycles. The molecular formula is C16H13ClN2O2S. The maximum Gasteiger partial charge on any atom is 0.247 e. The molecule has 1 heterocycles. The van der Waals surface area contributed by atoms with Crippen LogP contribution in [0.15, 0.2) is 53.4 Å². The molecule has 1 atom stereocenters. The number of carbonyl (C=O) groups excluding carboxylic acids is 2. The fourth-order valence-corrected chi connectivity index (χ4v) is 3.53. The normalized spacial score (nSPS) is 18.0. The van der Waals surface area contributed by atoms with E-state index < -0.39 is 5.25 Å². The maximum absolute atomic E-state index is 12.5. The summed E-state index contributed by atoms with van der Waals surface area (Å²) in [6.07, 6.45) is 0.181. The van der Waals surface area contributed by atoms with Crippen molar-refractivity contribution in [3.05, 3.63) is 53.6 Å². The zero-order valence-electron chi connectivity index (χ0n) is 11.5. The average Bonchev–Trinajstić information content (AvgIpc) is 2.76. The molecule has 1 aliphatic heterocycles. The summed E-state index contributed by atoms with van der Waals surface area (Å²) in [5.74, 6) is -0.422. The van der Waals surface area contributed by atoms with Crippen LogP contribution in [0.2, 0.25) is 5.02 Å². The zero-order valence-corrected chi connectivity index (χ0v) is 13.1. The highest BCUT2D eigenvalue weighted by molar-refractivity contribution is 8.00. The van der Waals surface area contributed by atoms with Crippen LogP contribution in [-0.4, -0.2) is 17.1 Å². The van der Waals surface area contributed by atoms with Gasteiger partial charge in [-0.05, 0) is 42.5 Å². The highest BCUT2D eigenvalue weighted by Gasteiger charge is 2.40. The Balaban J connectivity index is 1.81. The molecule has 0 aromatic heterocycles. The number of imide groups is 1. The highest BCUT2D eigenvalue weighted by atomic mass is 35.5. The van der Waals surface area contributed by atoms with Crippen molar-refractivity contribution in [2.24, 2.45) is 0 Å². The minimum absolute atomic E-state index is 0.181. The molecule has 0 aliphatic carbocycles. The third kappa shape index (κ3) is 2.96. The van der Waals surface area contributed by atoms with Gasteiger partial charge in [-0.2, -0.15) is 0 Å². The van der Waals surface area contributed by atoms with Gasteiger partial charge in [-0.15, -0.1) is 11.8 Å². The van der Waals surface area contributed by atoms with Crippen LogP contribution in [0.4, 0.5) is 11.4 Å². The summed E-state index contributed by atoms with van der Waals surface area (Å²) < 4.78 is 0. The molecule has 0 spiro atoms. The number of amides is 2. The van der Waals surface area contributed by atoms with Crippen molar-refractivity contribution in [2.75, 3.05) is 10.6 Å². The van der Waals surface area contributed by atoms with Gasteiger partial charge in [0.05, 0.1) is 10.9 Å². The molecule has 1 aliphatic rings. The number of nitrogen functional groups attached to an aromatic ring is 1. The second kappa shape index (κ2) is 6.02. The van der Waals surface area contributed by atoms with Crippen LogP contribution >= 0.6 is 23.4 Å². The van der Waals surface area contributed by atoms with Gasteiger partial charge in [0.15, 0.2) is 0 Å². The van der Waals surface area contributed by atoms with E-state index in [2.05, 4.69) is 0 Å². The Hall–Kier alpha value is -1.98. The highest BCUT2D eigenvalue weighted by Crippen LogP contribution is 2.34. The number of hydrogen-bond donors (Lipinski definition) is 1. The number of nitrogens with two attached hydrogens (primary N) is 1. The Kier molecular flexibility index (Phi) is 4.09. The smallest absolute Gasteiger partial charge is 0.247 e. The summed E-state index contributed by atoms with van der Waals surface area (Å²) in [4.78, 5) is 26.8. The summed E-state index contributed by atoms with van der Waals surface area (Å²) in [7, 11) is 0. The van der Waals surface area contributed by atoms with Crippen LogP contribution in [0.25, 0.3) is 0 Å². The predicted molar refractivity (Wildman–Crippen MR) is 89.1 cm³/mol. The van der Waals surface area contributed by atoms with Crippen molar-refractivity contribution in [1.82, 2.24) is 0 Å². The molecule has 2 N–H and O–H groups in total. The van der Waals surface area contributed by atoms with Crippen molar-refractivity contribution in [3.8, 4) is 0 Å². The summed E-state index contributed by atoms with van der Waals surface area (Å²) >= 11 is 7.31. The molecule has 6 heteroatoms. The molecule has 1 saturated heterocycles. The standard InChI is InChI=1S/C16H13ClN2O2S/c17-10-2-1-3-12(8-10)19-15(20)9-14(16(19)21)22-13-6-4-11(18)5-7-13/h1-8,14H,9,18H2. The second-order valence-corrected chi connectivity index (χ2v) is 6.64. The van der Waals surface area contributed by atoms with Gasteiger partial charge in [0, 0.05) is 22.0 Å². The largest absolute Gasteiger partial charge is 0.399 e. The fourth-order valence-electron chi connectivity index (χ4n) is 2.29. The van der Waals surface area contributed by atoms with E-state index in [0.717, 1.165) is 4.90 Å². The lowest BCUT2D eigenvalue weighted by atomic mass is 10.3. The third-order valence-corrected chi connectivity index (χ3v) is 4.76. The monoisotopic (exact) mass is 332 g/mol. The topological polar surface area (TPSA) is 63.4 Å². The Morgan fingerprint density at radius 3 is 2.55 bits per heavy atom. The van der Waals surface area contributed by atoms with Gasteiger partial charge in [0.2, 0.25) is 11.8 Å². The Morgan fingerprint density at radius 1 is 1.14 bits per heavy atom. The number of hydrogen-bond acceptors (Lipinski definition) is 4. The van der Waals surface area contributed by atoms with Crippen molar-refractivity contribution < 1.29 is 9.59 Å². The average molecular weight is 333 g/mol. The Bertz CT molecular complexity index is 733. The molecule has 0 bridgehead atoms. The molecule has 22 heavy (non-hydrogen) atoms. The van der Waals surface area contributed by atoms with E-state index in [1.54, 1.807) is 36.4 Å². The first kappa shape index (κ1) is 14.9. The Morgan fingerprint density at radius 2 is 1.86 bits per heavy atom. The third-order valence-electron chi connectivity index (χ3n) is 3.33. The number of benzene rings is 2. The van der Waals surface area contributed by atoms with Crippen molar-refractivity contribution in [1.29, 1.82) is 0 Å². The molecule has 4 nitrogen and oxygen atoms in total. The van der Waals surface area contributed by atoms with Gasteiger partial charge < -0.3 is 5.73 Å². The molecule has 0 radical (unpaired) electrons. The van der Waals surface area contributed by atoms with Gasteiger partial charge >= 0.3 is 0 Å². The quantitative estimate of drug-likeness (QED) is 0.691. The molecule has 2 aromatic carbocycles. The lowest BCUT2D eigenvalue weighted by Gasteiger charge is -2.15. The van der Waals surface area contributed by atoms with E-state index in [-0.39, 0.29) is 18.2 Å². The van der Waals surface area contributed by atoms with Gasteiger partial charge in [-0.25, -0.2) is 4.90 Å². The molecule has 2 amide bonds. The maximum atomic E-state index is 12.5. The summed E-state index contributed by atoms with van der Waals surface area (Å²) in [6, 6.07) is 14.0. The molecule has 1 fully saturated rings. The van der Waals surface area contributed by atoms with E-state index in [4.69, 9.17) is 17.3 Å². The van der Waals surface area contributed by atoms with Gasteiger partial charge in [0.1, 0.15) is 0 Å². The first-order chi connectivity index (χ1) is 10.5. The fraction of sp³-hybridized carbons (Fsp3) is 0.125. The van der Waals surface area contributed by atoms with Gasteiger partial charge in [-0.3, -0.25) is 9.59 Å². The summed E-state index contributed by atoms with van der Waals surface area (Å²) in [5, 5.41) is 0.0721. The van der Waals surface area contributed by atoms with Crippen LogP contribution in [-0.2, 0) is 9.59 Å². The van der Waals surface area contributed by atoms with Gasteiger partial charge in [-0.1, -0.05) is 17.7 Å². The van der Waals surface area contributed by atoms with Gasteiger partial charge in [0.25, 0.3) is 0 Å². The Labute approximate surface area is 137 Å². The summed E-state index contributed by atoms with van der Waals surface area (Å²) in [5.41, 5.74) is 6.83. The van der Waals surface area contributed by atoms with E-state index in [1.807, 2.05) is 12.1 Å².